The lowest BCUT2D eigenvalue weighted by atomic mass is 10.1. The second-order valence-electron chi connectivity index (χ2n) is 4.95. The first-order chi connectivity index (χ1) is 9.06. The molecule has 1 aromatic rings. The first-order valence-electron chi connectivity index (χ1n) is 6.30. The maximum Gasteiger partial charge on any atom is 0.256 e. The van der Waals surface area contributed by atoms with Crippen LogP contribution < -0.4 is 5.32 Å². The molecule has 2 aliphatic rings. The lowest BCUT2D eigenvalue weighted by Gasteiger charge is -2.24. The summed E-state index contributed by atoms with van der Waals surface area (Å²) < 4.78 is 0. The number of nitrogens with zero attached hydrogens (tertiary/aromatic N) is 1. The molecular weight excluding hydrogens is 264 g/mol. The molecule has 1 fully saturated rings. The summed E-state index contributed by atoms with van der Waals surface area (Å²) in [5, 5.41) is 2.35. The van der Waals surface area contributed by atoms with Crippen LogP contribution in [0, 0.1) is 6.92 Å². The van der Waals surface area contributed by atoms with E-state index in [1.807, 2.05) is 13.0 Å². The molecule has 6 heteroatoms. The van der Waals surface area contributed by atoms with Crippen molar-refractivity contribution >= 4 is 29.1 Å². The van der Waals surface area contributed by atoms with Crippen molar-refractivity contribution in [1.29, 1.82) is 0 Å². The Bertz CT molecular complexity index is 578. The molecule has 0 aromatic carbocycles. The van der Waals surface area contributed by atoms with Gasteiger partial charge in [0.25, 0.3) is 5.91 Å². The molecule has 0 spiro atoms. The van der Waals surface area contributed by atoms with Crippen molar-refractivity contribution in [3.63, 3.8) is 0 Å². The van der Waals surface area contributed by atoms with Crippen LogP contribution in [0.4, 0.5) is 0 Å². The van der Waals surface area contributed by atoms with Gasteiger partial charge in [-0.2, -0.15) is 0 Å². The molecule has 5 nitrogen and oxygen atoms in total. The first kappa shape index (κ1) is 12.3. The monoisotopic (exact) mass is 278 g/mol. The Labute approximate surface area is 114 Å². The summed E-state index contributed by atoms with van der Waals surface area (Å²) in [6.07, 6.45) is 1.54. The van der Waals surface area contributed by atoms with Crippen LogP contribution >= 0.6 is 11.3 Å². The number of hydrogen-bond donors (Lipinski definition) is 1. The van der Waals surface area contributed by atoms with Crippen LogP contribution in [0.25, 0.3) is 0 Å². The number of nitrogens with one attached hydrogen (secondary N) is 1. The van der Waals surface area contributed by atoms with Gasteiger partial charge in [0, 0.05) is 16.2 Å². The topological polar surface area (TPSA) is 66.5 Å². The molecule has 3 heterocycles. The maximum absolute atomic E-state index is 12.3. The molecule has 2 aliphatic heterocycles. The Hall–Kier alpha value is -1.69. The van der Waals surface area contributed by atoms with Gasteiger partial charge in [0.2, 0.25) is 11.8 Å². The number of aryl methyl sites for hydroxylation is 1. The Balaban J connectivity index is 1.84. The van der Waals surface area contributed by atoms with Gasteiger partial charge >= 0.3 is 0 Å². The lowest BCUT2D eigenvalue weighted by molar-refractivity contribution is -0.132. The highest BCUT2D eigenvalue weighted by molar-refractivity contribution is 7.12. The van der Waals surface area contributed by atoms with Crippen molar-refractivity contribution < 1.29 is 14.4 Å². The van der Waals surface area contributed by atoms with E-state index in [4.69, 9.17) is 0 Å². The summed E-state index contributed by atoms with van der Waals surface area (Å²) in [5.74, 6) is -0.679. The zero-order chi connectivity index (χ0) is 13.6. The van der Waals surface area contributed by atoms with E-state index in [0.717, 1.165) is 9.75 Å². The summed E-state index contributed by atoms with van der Waals surface area (Å²) in [5.41, 5.74) is 0.714. The van der Waals surface area contributed by atoms with Gasteiger partial charge in [0.1, 0.15) is 6.04 Å². The van der Waals surface area contributed by atoms with Crippen LogP contribution in [0.1, 0.15) is 39.4 Å². The van der Waals surface area contributed by atoms with Crippen molar-refractivity contribution in [1.82, 2.24) is 10.2 Å². The number of rotatable bonds is 1. The Morgan fingerprint density at radius 1 is 1.37 bits per heavy atom. The minimum atomic E-state index is -0.515. The minimum absolute atomic E-state index is 0.0890. The Morgan fingerprint density at radius 2 is 2.16 bits per heavy atom. The third-order valence-electron chi connectivity index (χ3n) is 3.56. The highest BCUT2D eigenvalue weighted by Gasteiger charge is 2.38. The largest absolute Gasteiger partial charge is 0.321 e. The second kappa shape index (κ2) is 4.45. The summed E-state index contributed by atoms with van der Waals surface area (Å²) in [6, 6.07) is 1.36. The maximum atomic E-state index is 12.3. The molecule has 0 saturated carbocycles. The fourth-order valence-electron chi connectivity index (χ4n) is 2.66. The smallest absolute Gasteiger partial charge is 0.256 e. The van der Waals surface area contributed by atoms with E-state index in [1.54, 1.807) is 16.2 Å². The van der Waals surface area contributed by atoms with Crippen LogP contribution in [-0.2, 0) is 16.1 Å². The predicted octanol–water partition coefficient (Wildman–Crippen LogP) is 1.21. The zero-order valence-electron chi connectivity index (χ0n) is 10.6. The van der Waals surface area contributed by atoms with Crippen molar-refractivity contribution in [2.45, 2.75) is 38.8 Å². The number of imide groups is 1. The quantitative estimate of drug-likeness (QED) is 0.785. The van der Waals surface area contributed by atoms with E-state index in [-0.39, 0.29) is 17.7 Å². The fourth-order valence-corrected chi connectivity index (χ4v) is 3.69. The van der Waals surface area contributed by atoms with E-state index in [2.05, 4.69) is 5.32 Å². The Kier molecular flexibility index (Phi) is 2.89. The lowest BCUT2D eigenvalue weighted by Crippen LogP contribution is -2.47. The average molecular weight is 278 g/mol. The molecule has 1 saturated heterocycles. The van der Waals surface area contributed by atoms with Crippen molar-refractivity contribution in [2.75, 3.05) is 0 Å². The van der Waals surface area contributed by atoms with Gasteiger partial charge in [-0.05, 0) is 25.8 Å². The fraction of sp³-hybridized carbons (Fsp3) is 0.462. The number of fused-ring (bicyclic) bond motifs is 1. The van der Waals surface area contributed by atoms with E-state index < -0.39 is 6.04 Å². The standard InChI is InChI=1S/C13H14N2O3S/c1-7-5-8-10(19-7)6-15(13(8)18)9-3-2-4-11(16)14-12(9)17/h5,9H,2-4,6H2,1H3,(H,14,16,17). The third-order valence-corrected chi connectivity index (χ3v) is 4.60. The normalized spacial score (nSPS) is 23.3. The molecule has 1 N–H and O–H groups in total. The minimum Gasteiger partial charge on any atom is -0.321 e. The van der Waals surface area contributed by atoms with Crippen LogP contribution in [0.15, 0.2) is 6.07 Å². The van der Waals surface area contributed by atoms with Gasteiger partial charge in [-0.15, -0.1) is 11.3 Å². The van der Waals surface area contributed by atoms with Gasteiger partial charge < -0.3 is 4.90 Å². The van der Waals surface area contributed by atoms with Gasteiger partial charge in [-0.25, -0.2) is 0 Å². The molecule has 0 bridgehead atoms. The van der Waals surface area contributed by atoms with Gasteiger partial charge in [-0.3, -0.25) is 19.7 Å². The number of hydrogen-bond acceptors (Lipinski definition) is 4. The molecule has 3 amide bonds. The second-order valence-corrected chi connectivity index (χ2v) is 6.29. The average Bonchev–Trinajstić information content (AvgIpc) is 2.77. The molecule has 0 aliphatic carbocycles. The predicted molar refractivity (Wildman–Crippen MR) is 69.7 cm³/mol. The molecule has 1 aromatic heterocycles. The first-order valence-corrected chi connectivity index (χ1v) is 7.12. The highest BCUT2D eigenvalue weighted by atomic mass is 32.1. The van der Waals surface area contributed by atoms with Crippen molar-refractivity contribution in [3.05, 3.63) is 21.4 Å². The van der Waals surface area contributed by atoms with Gasteiger partial charge in [-0.1, -0.05) is 0 Å². The number of carbonyl (C=O) groups is 3. The third kappa shape index (κ3) is 2.06. The molecular formula is C13H14N2O3S. The molecule has 0 radical (unpaired) electrons. The van der Waals surface area contributed by atoms with Crippen LogP contribution in [0.5, 0.6) is 0 Å². The van der Waals surface area contributed by atoms with Crippen molar-refractivity contribution in [3.8, 4) is 0 Å². The SMILES string of the molecule is Cc1cc2c(s1)CN(C1CCCC(=O)NC1=O)C2=O. The van der Waals surface area contributed by atoms with Gasteiger partial charge in [0.15, 0.2) is 0 Å². The zero-order valence-corrected chi connectivity index (χ0v) is 11.4. The van der Waals surface area contributed by atoms with Crippen LogP contribution in [0.2, 0.25) is 0 Å². The van der Waals surface area contributed by atoms with Crippen molar-refractivity contribution in [2.24, 2.45) is 0 Å². The summed E-state index contributed by atoms with van der Waals surface area (Å²) in [7, 11) is 0. The Morgan fingerprint density at radius 3 is 2.89 bits per heavy atom. The molecule has 100 valence electrons. The number of thiophene rings is 1. The molecule has 1 atom stereocenters. The van der Waals surface area contributed by atoms with Crippen LogP contribution in [0.3, 0.4) is 0 Å². The summed E-state index contributed by atoms with van der Waals surface area (Å²) in [6.45, 7) is 2.45. The molecule has 19 heavy (non-hydrogen) atoms. The van der Waals surface area contributed by atoms with Crippen LogP contribution in [-0.4, -0.2) is 28.7 Å². The summed E-state index contributed by atoms with van der Waals surface area (Å²) in [4.78, 5) is 39.3. The van der Waals surface area contributed by atoms with Gasteiger partial charge in [0.05, 0.1) is 12.1 Å². The van der Waals surface area contributed by atoms with E-state index in [0.29, 0.717) is 31.4 Å². The summed E-state index contributed by atoms with van der Waals surface area (Å²) >= 11 is 1.59. The molecule has 1 unspecified atom stereocenters. The van der Waals surface area contributed by atoms with E-state index >= 15 is 0 Å². The number of carbonyl (C=O) groups excluding carboxylic acids is 3. The number of amides is 3. The van der Waals surface area contributed by atoms with E-state index in [9.17, 15) is 14.4 Å². The highest BCUT2D eigenvalue weighted by Crippen LogP contribution is 2.33. The molecule has 3 rings (SSSR count). The van der Waals surface area contributed by atoms with E-state index in [1.165, 1.54) is 0 Å².